The average molecular weight is 249 g/mol. The molecule has 0 radical (unpaired) electrons. The van der Waals surface area contributed by atoms with Gasteiger partial charge >= 0.3 is 5.97 Å². The lowest BCUT2D eigenvalue weighted by Gasteiger charge is -2.09. The van der Waals surface area contributed by atoms with Crippen molar-refractivity contribution in [1.82, 2.24) is 4.90 Å². The van der Waals surface area contributed by atoms with Crippen LogP contribution in [-0.4, -0.2) is 36.6 Å². The van der Waals surface area contributed by atoms with Crippen molar-refractivity contribution >= 4 is 27.4 Å². The van der Waals surface area contributed by atoms with E-state index in [1.165, 1.54) is 11.3 Å². The molecule has 4 heteroatoms. The maximum absolute atomic E-state index is 11.2. The van der Waals surface area contributed by atoms with Crippen LogP contribution in [0.2, 0.25) is 0 Å². The van der Waals surface area contributed by atoms with E-state index >= 15 is 0 Å². The Balaban J connectivity index is 2.48. The van der Waals surface area contributed by atoms with Gasteiger partial charge < -0.3 is 10.0 Å². The van der Waals surface area contributed by atoms with Gasteiger partial charge in [-0.05, 0) is 37.5 Å². The predicted octanol–water partition coefficient (Wildman–Crippen LogP) is 2.70. The van der Waals surface area contributed by atoms with E-state index in [4.69, 9.17) is 0 Å². The number of likely N-dealkylation sites (N-methyl/N-ethyl adjacent to an activating group) is 1. The second-order valence-electron chi connectivity index (χ2n) is 4.26. The largest absolute Gasteiger partial charge is 0.477 e. The molecule has 0 unspecified atom stereocenters. The molecule has 1 aromatic heterocycles. The topological polar surface area (TPSA) is 40.5 Å². The normalized spacial score (nSPS) is 11.2. The van der Waals surface area contributed by atoms with Crippen LogP contribution in [0.15, 0.2) is 24.3 Å². The highest BCUT2D eigenvalue weighted by Gasteiger charge is 2.16. The van der Waals surface area contributed by atoms with Gasteiger partial charge in [-0.25, -0.2) is 4.79 Å². The molecule has 0 amide bonds. The summed E-state index contributed by atoms with van der Waals surface area (Å²) in [5.41, 5.74) is 0.965. The highest BCUT2D eigenvalue weighted by molar-refractivity contribution is 7.21. The number of aromatic carboxylic acids is 1. The van der Waals surface area contributed by atoms with Crippen LogP contribution in [0.1, 0.15) is 15.2 Å². The van der Waals surface area contributed by atoms with E-state index in [1.54, 1.807) is 0 Å². The number of hydrogen-bond donors (Lipinski definition) is 1. The van der Waals surface area contributed by atoms with Crippen molar-refractivity contribution in [2.45, 2.75) is 6.42 Å². The lowest BCUT2D eigenvalue weighted by atomic mass is 10.1. The summed E-state index contributed by atoms with van der Waals surface area (Å²) in [6.45, 7) is 0.862. The second kappa shape index (κ2) is 4.85. The maximum atomic E-state index is 11.2. The van der Waals surface area contributed by atoms with Gasteiger partial charge in [0.15, 0.2) is 0 Å². The van der Waals surface area contributed by atoms with Gasteiger partial charge in [-0.2, -0.15) is 0 Å². The van der Waals surface area contributed by atoms with Crippen LogP contribution in [0.4, 0.5) is 0 Å². The van der Waals surface area contributed by atoms with Crippen LogP contribution in [0.25, 0.3) is 10.1 Å². The molecule has 1 N–H and O–H groups in total. The molecule has 90 valence electrons. The third-order valence-electron chi connectivity index (χ3n) is 2.70. The number of rotatable bonds is 4. The summed E-state index contributed by atoms with van der Waals surface area (Å²) < 4.78 is 1.05. The van der Waals surface area contributed by atoms with Crippen LogP contribution in [0.5, 0.6) is 0 Å². The number of carbonyl (C=O) groups is 1. The Morgan fingerprint density at radius 2 is 2.06 bits per heavy atom. The highest BCUT2D eigenvalue weighted by atomic mass is 32.1. The smallest absolute Gasteiger partial charge is 0.346 e. The molecule has 2 rings (SSSR count). The number of fused-ring (bicyclic) bond motifs is 1. The number of carboxylic acids is 1. The molecule has 0 bridgehead atoms. The minimum atomic E-state index is -0.819. The SMILES string of the molecule is CN(C)CCc1c(C(=O)O)sc2ccccc12. The van der Waals surface area contributed by atoms with Crippen LogP contribution < -0.4 is 0 Å². The Bertz CT molecular complexity index is 545. The molecule has 17 heavy (non-hydrogen) atoms. The predicted molar refractivity (Wildman–Crippen MR) is 71.0 cm³/mol. The van der Waals surface area contributed by atoms with Crippen molar-refractivity contribution in [2.24, 2.45) is 0 Å². The number of hydrogen-bond acceptors (Lipinski definition) is 3. The van der Waals surface area contributed by atoms with Gasteiger partial charge in [-0.3, -0.25) is 0 Å². The van der Waals surface area contributed by atoms with E-state index < -0.39 is 5.97 Å². The summed E-state index contributed by atoms with van der Waals surface area (Å²) in [6.07, 6.45) is 0.776. The van der Waals surface area contributed by atoms with E-state index in [0.717, 1.165) is 28.6 Å². The Hall–Kier alpha value is -1.39. The van der Waals surface area contributed by atoms with Crippen molar-refractivity contribution in [2.75, 3.05) is 20.6 Å². The van der Waals surface area contributed by atoms with Crippen molar-refractivity contribution in [3.63, 3.8) is 0 Å². The zero-order chi connectivity index (χ0) is 12.4. The van der Waals surface area contributed by atoms with Crippen molar-refractivity contribution in [1.29, 1.82) is 0 Å². The molecule has 0 atom stereocenters. The monoisotopic (exact) mass is 249 g/mol. The van der Waals surface area contributed by atoms with Crippen LogP contribution in [0, 0.1) is 0 Å². The van der Waals surface area contributed by atoms with Crippen LogP contribution in [-0.2, 0) is 6.42 Å². The number of benzene rings is 1. The van der Waals surface area contributed by atoms with Crippen LogP contribution in [0.3, 0.4) is 0 Å². The van der Waals surface area contributed by atoms with Gasteiger partial charge in [0.25, 0.3) is 0 Å². The van der Waals surface area contributed by atoms with E-state index in [-0.39, 0.29) is 0 Å². The third-order valence-corrected chi connectivity index (χ3v) is 3.90. The van der Waals surface area contributed by atoms with Crippen LogP contribution >= 0.6 is 11.3 Å². The van der Waals surface area contributed by atoms with Gasteiger partial charge in [0.1, 0.15) is 4.88 Å². The molecule has 0 spiro atoms. The first-order valence-electron chi connectivity index (χ1n) is 5.48. The second-order valence-corrected chi connectivity index (χ2v) is 5.32. The molecular formula is C13H15NO2S. The molecule has 1 heterocycles. The number of thiophene rings is 1. The molecule has 0 aliphatic rings. The standard InChI is InChI=1S/C13H15NO2S/c1-14(2)8-7-10-9-5-3-4-6-11(9)17-12(10)13(15)16/h3-6H,7-8H2,1-2H3,(H,15,16). The Kier molecular flexibility index (Phi) is 3.45. The zero-order valence-corrected chi connectivity index (χ0v) is 10.8. The first-order chi connectivity index (χ1) is 8.09. The summed E-state index contributed by atoms with van der Waals surface area (Å²) in [4.78, 5) is 13.8. The summed E-state index contributed by atoms with van der Waals surface area (Å²) in [5.74, 6) is -0.819. The summed E-state index contributed by atoms with van der Waals surface area (Å²) in [5, 5.41) is 10.3. The number of nitrogens with zero attached hydrogens (tertiary/aromatic N) is 1. The molecule has 3 nitrogen and oxygen atoms in total. The quantitative estimate of drug-likeness (QED) is 0.905. The highest BCUT2D eigenvalue weighted by Crippen LogP contribution is 2.31. The van der Waals surface area contributed by atoms with Crippen molar-refractivity contribution in [3.8, 4) is 0 Å². The Labute approximate surface area is 104 Å². The molecule has 0 saturated carbocycles. The fourth-order valence-corrected chi connectivity index (χ4v) is 2.95. The molecular weight excluding hydrogens is 234 g/mol. The first-order valence-corrected chi connectivity index (χ1v) is 6.29. The minimum Gasteiger partial charge on any atom is -0.477 e. The summed E-state index contributed by atoms with van der Waals surface area (Å²) in [6, 6.07) is 7.88. The van der Waals surface area contributed by atoms with E-state index in [1.807, 2.05) is 38.4 Å². The molecule has 1 aromatic carbocycles. The zero-order valence-electron chi connectivity index (χ0n) is 9.93. The third kappa shape index (κ3) is 2.48. The first kappa shape index (κ1) is 12.1. The fraction of sp³-hybridized carbons (Fsp3) is 0.308. The van der Waals surface area contributed by atoms with Crippen molar-refractivity contribution in [3.05, 3.63) is 34.7 Å². The number of carboxylic acid groups (broad SMARTS) is 1. The Morgan fingerprint density at radius 1 is 1.35 bits per heavy atom. The lowest BCUT2D eigenvalue weighted by molar-refractivity contribution is 0.0701. The lowest BCUT2D eigenvalue weighted by Crippen LogP contribution is -2.16. The fourth-order valence-electron chi connectivity index (χ4n) is 1.86. The molecule has 0 saturated heterocycles. The van der Waals surface area contributed by atoms with Crippen molar-refractivity contribution < 1.29 is 9.90 Å². The molecule has 0 aliphatic carbocycles. The molecule has 0 aliphatic heterocycles. The molecule has 2 aromatic rings. The average Bonchev–Trinajstić information content (AvgIpc) is 2.65. The molecule has 0 fully saturated rings. The van der Waals surface area contributed by atoms with E-state index in [0.29, 0.717) is 4.88 Å². The maximum Gasteiger partial charge on any atom is 0.346 e. The Morgan fingerprint density at radius 3 is 2.71 bits per heavy atom. The van der Waals surface area contributed by atoms with Gasteiger partial charge in [0.2, 0.25) is 0 Å². The van der Waals surface area contributed by atoms with Gasteiger partial charge in [-0.1, -0.05) is 18.2 Å². The van der Waals surface area contributed by atoms with Gasteiger partial charge in [0.05, 0.1) is 0 Å². The minimum absolute atomic E-state index is 0.480. The van der Waals surface area contributed by atoms with E-state index in [9.17, 15) is 9.90 Å². The summed E-state index contributed by atoms with van der Waals surface area (Å²) in [7, 11) is 3.99. The van der Waals surface area contributed by atoms with E-state index in [2.05, 4.69) is 4.90 Å². The van der Waals surface area contributed by atoms with Gasteiger partial charge in [-0.15, -0.1) is 11.3 Å². The summed E-state index contributed by atoms with van der Waals surface area (Å²) >= 11 is 1.37. The van der Waals surface area contributed by atoms with Gasteiger partial charge in [0, 0.05) is 11.2 Å².